The fourth-order valence-corrected chi connectivity index (χ4v) is 3.83. The fourth-order valence-electron chi connectivity index (χ4n) is 3.83. The van der Waals surface area contributed by atoms with Crippen molar-refractivity contribution in [1.82, 2.24) is 15.4 Å². The van der Waals surface area contributed by atoms with Crippen molar-refractivity contribution in [2.75, 3.05) is 6.54 Å². The first kappa shape index (κ1) is 19.1. The SMILES string of the molecule is Cc1c(COC(=O)CN2C(=O)NC3(CCCC3)C2=O)noc1-c1ccc(F)cc1. The van der Waals surface area contributed by atoms with Crippen molar-refractivity contribution >= 4 is 17.9 Å². The van der Waals surface area contributed by atoms with E-state index in [9.17, 15) is 18.8 Å². The molecule has 0 bridgehead atoms. The number of carbonyl (C=O) groups is 3. The number of hydrogen-bond donors (Lipinski definition) is 1. The van der Waals surface area contributed by atoms with Crippen LogP contribution in [0, 0.1) is 12.7 Å². The molecule has 1 saturated carbocycles. The molecule has 3 amide bonds. The number of imide groups is 1. The van der Waals surface area contributed by atoms with Crippen molar-refractivity contribution in [2.45, 2.75) is 44.8 Å². The third-order valence-electron chi connectivity index (χ3n) is 5.49. The largest absolute Gasteiger partial charge is 0.458 e. The predicted molar refractivity (Wildman–Crippen MR) is 97.9 cm³/mol. The predicted octanol–water partition coefficient (Wildman–Crippen LogP) is 2.70. The van der Waals surface area contributed by atoms with E-state index in [0.29, 0.717) is 35.4 Å². The van der Waals surface area contributed by atoms with Gasteiger partial charge in [0.1, 0.15) is 30.2 Å². The third-order valence-corrected chi connectivity index (χ3v) is 5.49. The Labute approximate surface area is 166 Å². The number of rotatable bonds is 5. The Kier molecular flexibility index (Phi) is 4.81. The quantitative estimate of drug-likeness (QED) is 0.611. The van der Waals surface area contributed by atoms with Gasteiger partial charge in [-0.2, -0.15) is 0 Å². The van der Waals surface area contributed by atoms with E-state index in [1.165, 1.54) is 12.1 Å². The molecule has 0 unspecified atom stereocenters. The van der Waals surface area contributed by atoms with Crippen molar-refractivity contribution in [2.24, 2.45) is 0 Å². The van der Waals surface area contributed by atoms with Gasteiger partial charge in [0.15, 0.2) is 5.76 Å². The first-order valence-electron chi connectivity index (χ1n) is 9.40. The first-order valence-corrected chi connectivity index (χ1v) is 9.40. The fraction of sp³-hybridized carbons (Fsp3) is 0.400. The normalized spacial score (nSPS) is 17.8. The second-order valence-corrected chi connectivity index (χ2v) is 7.36. The summed E-state index contributed by atoms with van der Waals surface area (Å²) >= 11 is 0. The smallest absolute Gasteiger partial charge is 0.326 e. The highest BCUT2D eigenvalue weighted by Crippen LogP contribution is 2.35. The summed E-state index contributed by atoms with van der Waals surface area (Å²) in [5, 5.41) is 6.62. The summed E-state index contributed by atoms with van der Waals surface area (Å²) in [4.78, 5) is 37.8. The Hall–Kier alpha value is -3.23. The number of benzene rings is 1. The highest BCUT2D eigenvalue weighted by Gasteiger charge is 2.52. The molecule has 2 aliphatic rings. The molecule has 8 nitrogen and oxygen atoms in total. The summed E-state index contributed by atoms with van der Waals surface area (Å²) in [5.41, 5.74) is 0.853. The maximum absolute atomic E-state index is 13.1. The van der Waals surface area contributed by atoms with Crippen LogP contribution in [-0.2, 0) is 20.9 Å². The summed E-state index contributed by atoms with van der Waals surface area (Å²) < 4.78 is 23.6. The lowest BCUT2D eigenvalue weighted by Crippen LogP contribution is -2.44. The van der Waals surface area contributed by atoms with Crippen LogP contribution in [-0.4, -0.2) is 40.0 Å². The molecule has 2 aromatic rings. The van der Waals surface area contributed by atoms with Crippen LogP contribution in [0.25, 0.3) is 11.3 Å². The first-order chi connectivity index (χ1) is 13.9. The summed E-state index contributed by atoms with van der Waals surface area (Å²) in [5.74, 6) is -0.990. The molecule has 9 heteroatoms. The highest BCUT2D eigenvalue weighted by atomic mass is 19.1. The molecule has 0 atom stereocenters. The van der Waals surface area contributed by atoms with Crippen LogP contribution in [0.1, 0.15) is 36.9 Å². The number of aromatic nitrogens is 1. The van der Waals surface area contributed by atoms with Gasteiger partial charge in [-0.15, -0.1) is 0 Å². The highest BCUT2D eigenvalue weighted by molar-refractivity contribution is 6.08. The topological polar surface area (TPSA) is 102 Å². The van der Waals surface area contributed by atoms with Crippen molar-refractivity contribution in [3.63, 3.8) is 0 Å². The lowest BCUT2D eigenvalue weighted by atomic mass is 9.98. The van der Waals surface area contributed by atoms with Crippen LogP contribution in [0.4, 0.5) is 9.18 Å². The van der Waals surface area contributed by atoms with E-state index in [2.05, 4.69) is 10.5 Å². The maximum Gasteiger partial charge on any atom is 0.326 e. The molecule has 1 spiro atoms. The van der Waals surface area contributed by atoms with Gasteiger partial charge in [-0.3, -0.25) is 14.5 Å². The van der Waals surface area contributed by atoms with Crippen molar-refractivity contribution in [3.05, 3.63) is 41.3 Å². The molecule has 2 heterocycles. The van der Waals surface area contributed by atoms with Gasteiger partial charge in [0.05, 0.1) is 0 Å². The Balaban J connectivity index is 1.37. The van der Waals surface area contributed by atoms with E-state index >= 15 is 0 Å². The van der Waals surface area contributed by atoms with Gasteiger partial charge < -0.3 is 14.6 Å². The average Bonchev–Trinajstić information content (AvgIpc) is 3.37. The zero-order chi connectivity index (χ0) is 20.6. The molecule has 0 radical (unpaired) electrons. The second kappa shape index (κ2) is 7.31. The lowest BCUT2D eigenvalue weighted by molar-refractivity contribution is -0.149. The standard InChI is InChI=1S/C20H20FN3O5/c1-12-15(23-29-17(12)13-4-6-14(21)7-5-13)11-28-16(25)10-24-18(26)20(22-19(24)27)8-2-3-9-20/h4-7H,2-3,8-11H2,1H3,(H,22,27). The molecule has 29 heavy (non-hydrogen) atoms. The van der Waals surface area contributed by atoms with Gasteiger partial charge in [0, 0.05) is 11.1 Å². The van der Waals surface area contributed by atoms with Crippen LogP contribution in [0.5, 0.6) is 0 Å². The Bertz CT molecular complexity index is 963. The number of urea groups is 1. The van der Waals surface area contributed by atoms with Gasteiger partial charge >= 0.3 is 12.0 Å². The average molecular weight is 401 g/mol. The minimum absolute atomic E-state index is 0.163. The molecule has 152 valence electrons. The van der Waals surface area contributed by atoms with E-state index in [-0.39, 0.29) is 18.3 Å². The molecule has 2 fully saturated rings. The van der Waals surface area contributed by atoms with Crippen LogP contribution in [0.15, 0.2) is 28.8 Å². The van der Waals surface area contributed by atoms with E-state index in [1.807, 2.05) is 0 Å². The number of hydrogen-bond acceptors (Lipinski definition) is 6. The van der Waals surface area contributed by atoms with Gasteiger partial charge in [-0.05, 0) is 44.0 Å². The van der Waals surface area contributed by atoms with Crippen LogP contribution >= 0.6 is 0 Å². The van der Waals surface area contributed by atoms with E-state index in [1.54, 1.807) is 19.1 Å². The zero-order valence-corrected chi connectivity index (χ0v) is 15.9. The number of esters is 1. The molecular formula is C20H20FN3O5. The molecule has 1 aromatic carbocycles. The maximum atomic E-state index is 13.1. The number of halogens is 1. The summed E-state index contributed by atoms with van der Waals surface area (Å²) in [6.07, 6.45) is 2.92. The van der Waals surface area contributed by atoms with Crippen LogP contribution in [0.3, 0.4) is 0 Å². The number of nitrogens with one attached hydrogen (secondary N) is 1. The minimum Gasteiger partial charge on any atom is -0.458 e. The zero-order valence-electron chi connectivity index (χ0n) is 15.9. The van der Waals surface area contributed by atoms with Gasteiger partial charge in [-0.25, -0.2) is 9.18 Å². The van der Waals surface area contributed by atoms with Crippen LogP contribution < -0.4 is 5.32 Å². The molecule has 1 saturated heterocycles. The molecule has 1 aromatic heterocycles. The molecule has 1 N–H and O–H groups in total. The molecular weight excluding hydrogens is 381 g/mol. The number of amides is 3. The summed E-state index contributed by atoms with van der Waals surface area (Å²) in [6, 6.07) is 5.19. The Morgan fingerprint density at radius 1 is 1.28 bits per heavy atom. The lowest BCUT2D eigenvalue weighted by Gasteiger charge is -2.19. The minimum atomic E-state index is -0.857. The van der Waals surface area contributed by atoms with Gasteiger partial charge in [0.2, 0.25) is 0 Å². The molecule has 1 aliphatic heterocycles. The van der Waals surface area contributed by atoms with E-state index < -0.39 is 24.1 Å². The van der Waals surface area contributed by atoms with Gasteiger partial charge in [-0.1, -0.05) is 18.0 Å². The van der Waals surface area contributed by atoms with Crippen molar-refractivity contribution in [1.29, 1.82) is 0 Å². The van der Waals surface area contributed by atoms with Crippen molar-refractivity contribution in [3.8, 4) is 11.3 Å². The summed E-state index contributed by atoms with van der Waals surface area (Å²) in [6.45, 7) is 1.14. The molecule has 1 aliphatic carbocycles. The second-order valence-electron chi connectivity index (χ2n) is 7.36. The number of nitrogens with zero attached hydrogens (tertiary/aromatic N) is 2. The molecule has 4 rings (SSSR count). The monoisotopic (exact) mass is 401 g/mol. The number of ether oxygens (including phenoxy) is 1. The van der Waals surface area contributed by atoms with E-state index in [4.69, 9.17) is 9.26 Å². The van der Waals surface area contributed by atoms with Crippen LogP contribution in [0.2, 0.25) is 0 Å². The third kappa shape index (κ3) is 3.48. The van der Waals surface area contributed by atoms with E-state index in [0.717, 1.165) is 17.7 Å². The van der Waals surface area contributed by atoms with Crippen molar-refractivity contribution < 1.29 is 28.0 Å². The van der Waals surface area contributed by atoms with Gasteiger partial charge in [0.25, 0.3) is 5.91 Å². The summed E-state index contributed by atoms with van der Waals surface area (Å²) in [7, 11) is 0. The number of carbonyl (C=O) groups excluding carboxylic acids is 3. The Morgan fingerprint density at radius 3 is 2.66 bits per heavy atom. The Morgan fingerprint density at radius 2 is 1.97 bits per heavy atom.